The monoisotopic (exact) mass is 333 g/mol. The number of anilines is 1. The molecule has 1 amide bonds. The molecule has 3 rings (SSSR count). The molecule has 0 spiro atoms. The summed E-state index contributed by atoms with van der Waals surface area (Å²) < 4.78 is -0.845. The van der Waals surface area contributed by atoms with E-state index in [0.717, 1.165) is 18.8 Å². The highest BCUT2D eigenvalue weighted by Gasteiger charge is 2.57. The average molecular weight is 335 g/mol. The standard InChI is InChI=1S/C13H14Cl3N3O/c14-10-8-17-2-1-11(10)18-3-5-19(6-4-18)12(20)9-7-13(9,15)16/h1-2,8-9H,3-7H2/t9-/m0/s1. The van der Waals surface area contributed by atoms with Crippen LogP contribution >= 0.6 is 34.8 Å². The van der Waals surface area contributed by atoms with E-state index >= 15 is 0 Å². The first kappa shape index (κ1) is 14.2. The first-order chi connectivity index (χ1) is 9.49. The van der Waals surface area contributed by atoms with Gasteiger partial charge in [0.25, 0.3) is 0 Å². The van der Waals surface area contributed by atoms with Crippen molar-refractivity contribution in [2.75, 3.05) is 31.1 Å². The Labute approximate surface area is 132 Å². The van der Waals surface area contributed by atoms with Gasteiger partial charge in [-0.2, -0.15) is 0 Å². The highest BCUT2D eigenvalue weighted by molar-refractivity contribution is 6.52. The SMILES string of the molecule is O=C([C@@H]1CC1(Cl)Cl)N1CCN(c2ccncc2Cl)CC1. The third-order valence-electron chi connectivity index (χ3n) is 3.81. The number of carbonyl (C=O) groups excluding carboxylic acids is 1. The third-order valence-corrected chi connectivity index (χ3v) is 4.93. The normalized spacial score (nSPS) is 24.6. The quantitative estimate of drug-likeness (QED) is 0.780. The van der Waals surface area contributed by atoms with Crippen molar-refractivity contribution in [1.29, 1.82) is 0 Å². The maximum atomic E-state index is 12.2. The first-order valence-electron chi connectivity index (χ1n) is 6.50. The molecule has 0 aromatic carbocycles. The second kappa shape index (κ2) is 5.24. The predicted molar refractivity (Wildman–Crippen MR) is 80.6 cm³/mol. The van der Waals surface area contributed by atoms with Crippen molar-refractivity contribution < 1.29 is 4.79 Å². The molecule has 1 saturated carbocycles. The second-order valence-corrected chi connectivity index (χ2v) is 7.11. The minimum absolute atomic E-state index is 0.0653. The lowest BCUT2D eigenvalue weighted by atomic mass is 10.2. The van der Waals surface area contributed by atoms with E-state index in [1.807, 2.05) is 11.0 Å². The first-order valence-corrected chi connectivity index (χ1v) is 7.63. The van der Waals surface area contributed by atoms with Gasteiger partial charge in [-0.25, -0.2) is 0 Å². The largest absolute Gasteiger partial charge is 0.367 e. The number of pyridine rings is 1. The van der Waals surface area contributed by atoms with Crippen LogP contribution in [0, 0.1) is 5.92 Å². The number of halogens is 3. The number of rotatable bonds is 2. The van der Waals surface area contributed by atoms with Crippen LogP contribution in [0.3, 0.4) is 0 Å². The second-order valence-electron chi connectivity index (χ2n) is 5.16. The summed E-state index contributed by atoms with van der Waals surface area (Å²) in [5.74, 6) is -0.169. The summed E-state index contributed by atoms with van der Waals surface area (Å²) in [6, 6.07) is 1.89. The number of carbonyl (C=O) groups is 1. The molecular weight excluding hydrogens is 321 g/mol. The van der Waals surface area contributed by atoms with Crippen LogP contribution in [-0.4, -0.2) is 46.3 Å². The lowest BCUT2D eigenvalue weighted by Gasteiger charge is -2.36. The number of nitrogens with zero attached hydrogens (tertiary/aromatic N) is 3. The van der Waals surface area contributed by atoms with Gasteiger partial charge >= 0.3 is 0 Å². The summed E-state index contributed by atoms with van der Waals surface area (Å²) in [5.41, 5.74) is 0.962. The molecule has 2 heterocycles. The van der Waals surface area contributed by atoms with Crippen molar-refractivity contribution in [3.8, 4) is 0 Å². The third kappa shape index (κ3) is 2.69. The lowest BCUT2D eigenvalue weighted by Crippen LogP contribution is -2.49. The molecule has 1 aromatic rings. The van der Waals surface area contributed by atoms with E-state index in [-0.39, 0.29) is 11.8 Å². The summed E-state index contributed by atoms with van der Waals surface area (Å²) in [5, 5.41) is 0.634. The van der Waals surface area contributed by atoms with Crippen molar-refractivity contribution in [2.45, 2.75) is 10.8 Å². The maximum absolute atomic E-state index is 12.2. The molecule has 20 heavy (non-hydrogen) atoms. The molecule has 0 radical (unpaired) electrons. The fraction of sp³-hybridized carbons (Fsp3) is 0.538. The summed E-state index contributed by atoms with van der Waals surface area (Å²) in [4.78, 5) is 20.2. The van der Waals surface area contributed by atoms with Crippen LogP contribution < -0.4 is 4.90 Å². The van der Waals surface area contributed by atoms with Crippen LogP contribution in [0.4, 0.5) is 5.69 Å². The van der Waals surface area contributed by atoms with Gasteiger partial charge < -0.3 is 9.80 Å². The van der Waals surface area contributed by atoms with Crippen molar-refractivity contribution >= 4 is 46.4 Å². The van der Waals surface area contributed by atoms with Crippen molar-refractivity contribution in [3.63, 3.8) is 0 Å². The predicted octanol–water partition coefficient (Wildman–Crippen LogP) is 2.58. The van der Waals surface area contributed by atoms with Crippen LogP contribution in [0.5, 0.6) is 0 Å². The molecule has 1 aliphatic heterocycles. The van der Waals surface area contributed by atoms with Crippen LogP contribution in [0.2, 0.25) is 5.02 Å². The molecule has 108 valence electrons. The summed E-state index contributed by atoms with van der Waals surface area (Å²) in [6.45, 7) is 2.83. The number of aromatic nitrogens is 1. The van der Waals surface area contributed by atoms with Gasteiger partial charge in [-0.3, -0.25) is 9.78 Å². The number of hydrogen-bond acceptors (Lipinski definition) is 3. The molecule has 2 aliphatic rings. The highest BCUT2D eigenvalue weighted by atomic mass is 35.5. The van der Waals surface area contributed by atoms with E-state index in [0.29, 0.717) is 24.5 Å². The molecule has 2 fully saturated rings. The Morgan fingerprint density at radius 2 is 1.95 bits per heavy atom. The van der Waals surface area contributed by atoms with E-state index in [2.05, 4.69) is 9.88 Å². The van der Waals surface area contributed by atoms with Gasteiger partial charge in [0.15, 0.2) is 0 Å². The molecule has 1 saturated heterocycles. The van der Waals surface area contributed by atoms with E-state index in [1.54, 1.807) is 12.4 Å². The van der Waals surface area contributed by atoms with Gasteiger partial charge in [-0.05, 0) is 12.5 Å². The van der Waals surface area contributed by atoms with Gasteiger partial charge in [0, 0.05) is 38.6 Å². The molecule has 0 bridgehead atoms. The zero-order valence-corrected chi connectivity index (χ0v) is 13.0. The summed E-state index contributed by atoms with van der Waals surface area (Å²) in [7, 11) is 0. The van der Waals surface area contributed by atoms with Crippen molar-refractivity contribution in [1.82, 2.24) is 9.88 Å². The number of piperazine rings is 1. The van der Waals surface area contributed by atoms with E-state index in [1.165, 1.54) is 0 Å². The molecule has 1 aromatic heterocycles. The summed E-state index contributed by atoms with van der Waals surface area (Å²) >= 11 is 18.0. The Morgan fingerprint density at radius 1 is 1.30 bits per heavy atom. The molecule has 4 nitrogen and oxygen atoms in total. The molecule has 7 heteroatoms. The van der Waals surface area contributed by atoms with Crippen LogP contribution in [0.25, 0.3) is 0 Å². The molecule has 0 unspecified atom stereocenters. The maximum Gasteiger partial charge on any atom is 0.228 e. The van der Waals surface area contributed by atoms with Crippen LogP contribution in [0.15, 0.2) is 18.5 Å². The molecule has 0 N–H and O–H groups in total. The van der Waals surface area contributed by atoms with Gasteiger partial charge in [0.1, 0.15) is 4.33 Å². The van der Waals surface area contributed by atoms with Crippen molar-refractivity contribution in [3.05, 3.63) is 23.5 Å². The molecular formula is C13H14Cl3N3O. The highest BCUT2D eigenvalue weighted by Crippen LogP contribution is 2.53. The number of amides is 1. The fourth-order valence-electron chi connectivity index (χ4n) is 2.49. The van der Waals surface area contributed by atoms with Gasteiger partial charge in [0.2, 0.25) is 5.91 Å². The number of alkyl halides is 2. The topological polar surface area (TPSA) is 36.4 Å². The van der Waals surface area contributed by atoms with Gasteiger partial charge in [0.05, 0.1) is 16.6 Å². The molecule has 1 atom stereocenters. The summed E-state index contributed by atoms with van der Waals surface area (Å²) in [6.07, 6.45) is 3.91. The van der Waals surface area contributed by atoms with Gasteiger partial charge in [-0.15, -0.1) is 23.2 Å². The van der Waals surface area contributed by atoms with E-state index in [9.17, 15) is 4.79 Å². The van der Waals surface area contributed by atoms with Gasteiger partial charge in [-0.1, -0.05) is 11.6 Å². The Morgan fingerprint density at radius 3 is 2.50 bits per heavy atom. The van der Waals surface area contributed by atoms with Crippen LogP contribution in [-0.2, 0) is 4.79 Å². The zero-order chi connectivity index (χ0) is 14.3. The zero-order valence-electron chi connectivity index (χ0n) is 10.7. The average Bonchev–Trinajstić information content (AvgIpc) is 3.08. The van der Waals surface area contributed by atoms with E-state index < -0.39 is 4.33 Å². The van der Waals surface area contributed by atoms with Crippen molar-refractivity contribution in [2.24, 2.45) is 5.92 Å². The minimum atomic E-state index is -0.845. The molecule has 1 aliphatic carbocycles. The van der Waals surface area contributed by atoms with E-state index in [4.69, 9.17) is 34.8 Å². The van der Waals surface area contributed by atoms with Crippen LogP contribution in [0.1, 0.15) is 6.42 Å². The minimum Gasteiger partial charge on any atom is -0.367 e. The fourth-order valence-corrected chi connectivity index (χ4v) is 3.23. The lowest BCUT2D eigenvalue weighted by molar-refractivity contribution is -0.132. The Hall–Kier alpha value is -0.710. The Kier molecular flexibility index (Phi) is 3.73. The Balaban J connectivity index is 1.60. The Bertz CT molecular complexity index is 529. The number of hydrogen-bond donors (Lipinski definition) is 0. The smallest absolute Gasteiger partial charge is 0.228 e.